The molecule has 0 bridgehead atoms. The molecule has 1 aliphatic rings. The number of benzene rings is 1. The molecule has 1 fully saturated rings. The number of rotatable bonds is 2. The summed E-state index contributed by atoms with van der Waals surface area (Å²) in [4.78, 5) is 12.0. The Balaban J connectivity index is 1.96. The highest BCUT2D eigenvalue weighted by atomic mass is 16.5. The minimum atomic E-state index is -0.0846. The molecule has 1 amide bonds. The third-order valence-electron chi connectivity index (χ3n) is 3.10. The van der Waals surface area contributed by atoms with E-state index in [0.717, 1.165) is 12.8 Å². The van der Waals surface area contributed by atoms with Gasteiger partial charge in [0.1, 0.15) is 0 Å². The number of nitriles is 1. The zero-order valence-electron chi connectivity index (χ0n) is 10.3. The lowest BCUT2D eigenvalue weighted by atomic mass is 10.0. The Morgan fingerprint density at radius 1 is 1.44 bits per heavy atom. The Hall–Kier alpha value is -1.86. The number of hydrogen-bond acceptors (Lipinski definition) is 3. The van der Waals surface area contributed by atoms with Gasteiger partial charge in [0.05, 0.1) is 17.7 Å². The molecule has 0 aliphatic carbocycles. The molecule has 0 aromatic heterocycles. The molecule has 1 N–H and O–H groups in total. The van der Waals surface area contributed by atoms with E-state index in [1.54, 1.807) is 24.3 Å². The first-order valence-corrected chi connectivity index (χ1v) is 6.11. The van der Waals surface area contributed by atoms with Crippen LogP contribution in [-0.2, 0) is 4.74 Å². The van der Waals surface area contributed by atoms with Gasteiger partial charge in [0.15, 0.2) is 0 Å². The van der Waals surface area contributed by atoms with Gasteiger partial charge >= 0.3 is 0 Å². The summed E-state index contributed by atoms with van der Waals surface area (Å²) in [6.45, 7) is 2.71. The van der Waals surface area contributed by atoms with Crippen molar-refractivity contribution >= 4 is 5.91 Å². The molecule has 2 rings (SSSR count). The third kappa shape index (κ3) is 3.08. The Labute approximate surface area is 107 Å². The van der Waals surface area contributed by atoms with Crippen molar-refractivity contribution in [2.45, 2.75) is 31.9 Å². The van der Waals surface area contributed by atoms with Crippen molar-refractivity contribution < 1.29 is 9.53 Å². The fourth-order valence-corrected chi connectivity index (χ4v) is 2.09. The number of carbonyl (C=O) groups is 1. The molecular weight excluding hydrogens is 228 g/mol. The van der Waals surface area contributed by atoms with Crippen LogP contribution in [-0.4, -0.2) is 24.7 Å². The Kier molecular flexibility index (Phi) is 3.96. The number of carbonyl (C=O) groups excluding carboxylic acids is 1. The molecule has 1 aromatic carbocycles. The van der Waals surface area contributed by atoms with E-state index in [0.29, 0.717) is 17.7 Å². The zero-order chi connectivity index (χ0) is 13.0. The van der Waals surface area contributed by atoms with Gasteiger partial charge in [-0.2, -0.15) is 5.26 Å². The molecule has 18 heavy (non-hydrogen) atoms. The summed E-state index contributed by atoms with van der Waals surface area (Å²) in [6, 6.07) is 8.87. The fourth-order valence-electron chi connectivity index (χ4n) is 2.09. The predicted octanol–water partition coefficient (Wildman–Crippen LogP) is 1.86. The van der Waals surface area contributed by atoms with Crippen LogP contribution in [0, 0.1) is 11.3 Å². The minimum Gasteiger partial charge on any atom is -0.378 e. The maximum atomic E-state index is 12.0. The van der Waals surface area contributed by atoms with Crippen molar-refractivity contribution in [3.05, 3.63) is 35.4 Å². The molecular formula is C14H16N2O2. The fraction of sp³-hybridized carbons (Fsp3) is 0.429. The predicted molar refractivity (Wildman–Crippen MR) is 67.1 cm³/mol. The zero-order valence-corrected chi connectivity index (χ0v) is 10.3. The Morgan fingerprint density at radius 3 is 2.78 bits per heavy atom. The van der Waals surface area contributed by atoms with Crippen molar-refractivity contribution in [3.63, 3.8) is 0 Å². The quantitative estimate of drug-likeness (QED) is 0.863. The van der Waals surface area contributed by atoms with Gasteiger partial charge in [-0.05, 0) is 44.0 Å². The first kappa shape index (κ1) is 12.6. The molecule has 1 aliphatic heterocycles. The van der Waals surface area contributed by atoms with Crippen LogP contribution in [0.4, 0.5) is 0 Å². The van der Waals surface area contributed by atoms with Crippen molar-refractivity contribution in [1.29, 1.82) is 5.26 Å². The highest BCUT2D eigenvalue weighted by Gasteiger charge is 2.21. The van der Waals surface area contributed by atoms with Crippen LogP contribution < -0.4 is 5.32 Å². The van der Waals surface area contributed by atoms with Gasteiger partial charge in [0.2, 0.25) is 0 Å². The number of hydrogen-bond donors (Lipinski definition) is 1. The summed E-state index contributed by atoms with van der Waals surface area (Å²) in [5.74, 6) is -0.0846. The van der Waals surface area contributed by atoms with E-state index in [4.69, 9.17) is 10.00 Å². The maximum absolute atomic E-state index is 12.0. The van der Waals surface area contributed by atoms with Crippen LogP contribution in [0.15, 0.2) is 24.3 Å². The SMILES string of the molecule is CC1CC(NC(=O)c2ccc(C#N)cc2)CCO1. The topological polar surface area (TPSA) is 62.1 Å². The van der Waals surface area contributed by atoms with Gasteiger partial charge in [-0.25, -0.2) is 0 Å². The summed E-state index contributed by atoms with van der Waals surface area (Å²) >= 11 is 0. The number of nitrogens with zero attached hydrogens (tertiary/aromatic N) is 1. The molecule has 1 heterocycles. The standard InChI is InChI=1S/C14H16N2O2/c1-10-8-13(6-7-18-10)16-14(17)12-4-2-11(9-15)3-5-12/h2-5,10,13H,6-8H2,1H3,(H,16,17). The molecule has 1 saturated heterocycles. The van der Waals surface area contributed by atoms with Gasteiger partial charge in [0.25, 0.3) is 5.91 Å². The first-order chi connectivity index (χ1) is 8.69. The van der Waals surface area contributed by atoms with E-state index < -0.39 is 0 Å². The molecule has 1 aromatic rings. The van der Waals surface area contributed by atoms with Crippen molar-refractivity contribution in [2.24, 2.45) is 0 Å². The van der Waals surface area contributed by atoms with Crippen LogP contribution in [0.3, 0.4) is 0 Å². The Bertz CT molecular complexity index is 462. The van der Waals surface area contributed by atoms with Crippen LogP contribution >= 0.6 is 0 Å². The molecule has 4 heteroatoms. The highest BCUT2D eigenvalue weighted by molar-refractivity contribution is 5.94. The third-order valence-corrected chi connectivity index (χ3v) is 3.10. The number of ether oxygens (including phenoxy) is 1. The molecule has 2 atom stereocenters. The Morgan fingerprint density at radius 2 is 2.17 bits per heavy atom. The van der Waals surface area contributed by atoms with Gasteiger partial charge < -0.3 is 10.1 Å². The first-order valence-electron chi connectivity index (χ1n) is 6.11. The number of nitrogens with one attached hydrogen (secondary N) is 1. The van der Waals surface area contributed by atoms with Crippen LogP contribution in [0.25, 0.3) is 0 Å². The van der Waals surface area contributed by atoms with Gasteiger partial charge in [-0.3, -0.25) is 4.79 Å². The summed E-state index contributed by atoms with van der Waals surface area (Å²) in [5.41, 5.74) is 1.15. The summed E-state index contributed by atoms with van der Waals surface area (Å²) < 4.78 is 5.44. The summed E-state index contributed by atoms with van der Waals surface area (Å²) in [5, 5.41) is 11.7. The average molecular weight is 244 g/mol. The molecule has 0 saturated carbocycles. The van der Waals surface area contributed by atoms with Gasteiger partial charge in [-0.15, -0.1) is 0 Å². The number of amides is 1. The summed E-state index contributed by atoms with van der Waals surface area (Å²) in [7, 11) is 0. The lowest BCUT2D eigenvalue weighted by Gasteiger charge is -2.27. The van der Waals surface area contributed by atoms with Crippen LogP contribution in [0.2, 0.25) is 0 Å². The second kappa shape index (κ2) is 5.65. The molecule has 94 valence electrons. The van der Waals surface area contributed by atoms with Crippen molar-refractivity contribution in [2.75, 3.05) is 6.61 Å². The van der Waals surface area contributed by atoms with E-state index in [2.05, 4.69) is 5.32 Å². The molecule has 0 radical (unpaired) electrons. The lowest BCUT2D eigenvalue weighted by molar-refractivity contribution is 0.0136. The van der Waals surface area contributed by atoms with Crippen LogP contribution in [0.5, 0.6) is 0 Å². The van der Waals surface area contributed by atoms with E-state index in [-0.39, 0.29) is 18.1 Å². The second-order valence-corrected chi connectivity index (χ2v) is 4.57. The normalized spacial score (nSPS) is 23.1. The minimum absolute atomic E-state index is 0.0846. The molecule has 0 spiro atoms. The van der Waals surface area contributed by atoms with Crippen LogP contribution in [0.1, 0.15) is 35.7 Å². The average Bonchev–Trinajstić information content (AvgIpc) is 2.39. The van der Waals surface area contributed by atoms with Crippen molar-refractivity contribution in [1.82, 2.24) is 5.32 Å². The largest absolute Gasteiger partial charge is 0.378 e. The van der Waals surface area contributed by atoms with E-state index in [1.807, 2.05) is 13.0 Å². The highest BCUT2D eigenvalue weighted by Crippen LogP contribution is 2.14. The van der Waals surface area contributed by atoms with Gasteiger partial charge in [0, 0.05) is 18.2 Å². The van der Waals surface area contributed by atoms with E-state index >= 15 is 0 Å². The van der Waals surface area contributed by atoms with E-state index in [9.17, 15) is 4.79 Å². The van der Waals surface area contributed by atoms with Crippen molar-refractivity contribution in [3.8, 4) is 6.07 Å². The smallest absolute Gasteiger partial charge is 0.251 e. The maximum Gasteiger partial charge on any atom is 0.251 e. The monoisotopic (exact) mass is 244 g/mol. The summed E-state index contributed by atoms with van der Waals surface area (Å²) in [6.07, 6.45) is 1.90. The molecule has 4 nitrogen and oxygen atoms in total. The van der Waals surface area contributed by atoms with Gasteiger partial charge in [-0.1, -0.05) is 0 Å². The van der Waals surface area contributed by atoms with E-state index in [1.165, 1.54) is 0 Å². The lowest BCUT2D eigenvalue weighted by Crippen LogP contribution is -2.41. The molecule has 2 unspecified atom stereocenters. The second-order valence-electron chi connectivity index (χ2n) is 4.57.